The van der Waals surface area contributed by atoms with Gasteiger partial charge in [0, 0.05) is 37.4 Å². The molecular weight excluding hydrogens is 274 g/mol. The first-order valence-corrected chi connectivity index (χ1v) is 8.11. The van der Waals surface area contributed by atoms with Crippen LogP contribution in [-0.4, -0.2) is 49.1 Å². The minimum Gasteiger partial charge on any atom is -0.369 e. The van der Waals surface area contributed by atoms with E-state index in [0.717, 1.165) is 26.2 Å². The Bertz CT molecular complexity index is 526. The van der Waals surface area contributed by atoms with Gasteiger partial charge in [0.25, 0.3) is 0 Å². The molecule has 1 aliphatic heterocycles. The average molecular weight is 303 g/mol. The number of benzene rings is 1. The van der Waals surface area contributed by atoms with Crippen LogP contribution in [0.1, 0.15) is 31.9 Å². The smallest absolute Gasteiger partial charge is 0.234 e. The van der Waals surface area contributed by atoms with Crippen LogP contribution in [0.5, 0.6) is 0 Å². The molecule has 0 radical (unpaired) electrons. The van der Waals surface area contributed by atoms with Gasteiger partial charge in [-0.15, -0.1) is 0 Å². The van der Waals surface area contributed by atoms with Crippen molar-refractivity contribution < 1.29 is 4.79 Å². The van der Waals surface area contributed by atoms with Crippen LogP contribution in [0.25, 0.3) is 0 Å². The number of hydrogen-bond donors (Lipinski definition) is 1. The van der Waals surface area contributed by atoms with E-state index in [1.54, 1.807) is 0 Å². The number of anilines is 1. The van der Waals surface area contributed by atoms with E-state index < -0.39 is 0 Å². The average Bonchev–Trinajstić information content (AvgIpc) is 2.41. The molecule has 0 saturated carbocycles. The molecule has 1 aliphatic rings. The fourth-order valence-electron chi connectivity index (χ4n) is 2.89. The van der Waals surface area contributed by atoms with Crippen molar-refractivity contribution in [2.45, 2.75) is 40.2 Å². The molecule has 2 rings (SSSR count). The summed E-state index contributed by atoms with van der Waals surface area (Å²) in [4.78, 5) is 16.7. The fraction of sp³-hybridized carbons (Fsp3) is 0.611. The monoisotopic (exact) mass is 303 g/mol. The molecule has 0 aromatic heterocycles. The maximum absolute atomic E-state index is 12.0. The van der Waals surface area contributed by atoms with Gasteiger partial charge in [0.2, 0.25) is 5.91 Å². The lowest BCUT2D eigenvalue weighted by Gasteiger charge is -2.37. The lowest BCUT2D eigenvalue weighted by molar-refractivity contribution is -0.123. The number of aryl methyl sites for hydroxylation is 1. The molecular formula is C18H29N3O. The van der Waals surface area contributed by atoms with Crippen molar-refractivity contribution in [1.29, 1.82) is 0 Å². The van der Waals surface area contributed by atoms with Gasteiger partial charge in [-0.1, -0.05) is 12.1 Å². The van der Waals surface area contributed by atoms with Gasteiger partial charge in [-0.3, -0.25) is 9.69 Å². The molecule has 1 heterocycles. The van der Waals surface area contributed by atoms with Gasteiger partial charge in [-0.2, -0.15) is 0 Å². The SMILES string of the molecule is Cc1cccc(N2CCN(CC(=O)NC(C)(C)C)CC2)c1C. The van der Waals surface area contributed by atoms with Gasteiger partial charge in [-0.05, 0) is 51.8 Å². The minimum atomic E-state index is -0.155. The highest BCUT2D eigenvalue weighted by atomic mass is 16.2. The van der Waals surface area contributed by atoms with E-state index >= 15 is 0 Å². The van der Waals surface area contributed by atoms with E-state index in [0.29, 0.717) is 6.54 Å². The van der Waals surface area contributed by atoms with E-state index in [4.69, 9.17) is 0 Å². The van der Waals surface area contributed by atoms with Crippen LogP contribution in [0.2, 0.25) is 0 Å². The Hall–Kier alpha value is -1.55. The summed E-state index contributed by atoms with van der Waals surface area (Å²) in [6, 6.07) is 6.48. The molecule has 122 valence electrons. The van der Waals surface area contributed by atoms with Crippen molar-refractivity contribution in [1.82, 2.24) is 10.2 Å². The number of nitrogens with one attached hydrogen (secondary N) is 1. The Balaban J connectivity index is 1.88. The van der Waals surface area contributed by atoms with E-state index in [1.165, 1.54) is 16.8 Å². The zero-order valence-corrected chi connectivity index (χ0v) is 14.6. The normalized spacial score (nSPS) is 16.7. The Morgan fingerprint density at radius 2 is 1.77 bits per heavy atom. The van der Waals surface area contributed by atoms with Crippen molar-refractivity contribution >= 4 is 11.6 Å². The largest absolute Gasteiger partial charge is 0.369 e. The molecule has 1 fully saturated rings. The molecule has 4 heteroatoms. The molecule has 1 saturated heterocycles. The standard InChI is InChI=1S/C18H29N3O/c1-14-7-6-8-16(15(14)2)21-11-9-20(10-12-21)13-17(22)19-18(3,4)5/h6-8H,9-13H2,1-5H3,(H,19,22). The first kappa shape index (κ1) is 16.8. The molecule has 1 aromatic rings. The molecule has 0 spiro atoms. The molecule has 1 amide bonds. The maximum atomic E-state index is 12.0. The Morgan fingerprint density at radius 3 is 2.36 bits per heavy atom. The second-order valence-electron chi connectivity index (χ2n) is 7.28. The third-order valence-electron chi connectivity index (χ3n) is 4.17. The summed E-state index contributed by atoms with van der Waals surface area (Å²) in [5, 5.41) is 3.03. The number of rotatable bonds is 3. The van der Waals surface area contributed by atoms with Crippen molar-refractivity contribution in [2.24, 2.45) is 0 Å². The molecule has 0 unspecified atom stereocenters. The molecule has 4 nitrogen and oxygen atoms in total. The molecule has 1 N–H and O–H groups in total. The molecule has 1 aromatic carbocycles. The van der Waals surface area contributed by atoms with Crippen molar-refractivity contribution in [3.05, 3.63) is 29.3 Å². The number of hydrogen-bond acceptors (Lipinski definition) is 3. The Kier molecular flexibility index (Phi) is 5.12. The summed E-state index contributed by atoms with van der Waals surface area (Å²) in [5.74, 6) is 0.118. The predicted octanol–water partition coefficient (Wildman–Crippen LogP) is 2.34. The molecule has 0 aliphatic carbocycles. The highest BCUT2D eigenvalue weighted by Gasteiger charge is 2.22. The van der Waals surface area contributed by atoms with Crippen molar-refractivity contribution in [3.8, 4) is 0 Å². The van der Waals surface area contributed by atoms with Crippen LogP contribution < -0.4 is 10.2 Å². The molecule has 0 atom stereocenters. The van der Waals surface area contributed by atoms with E-state index in [2.05, 4.69) is 47.2 Å². The van der Waals surface area contributed by atoms with Crippen molar-refractivity contribution in [3.63, 3.8) is 0 Å². The topological polar surface area (TPSA) is 35.6 Å². The summed E-state index contributed by atoms with van der Waals surface area (Å²) >= 11 is 0. The molecule has 22 heavy (non-hydrogen) atoms. The van der Waals surface area contributed by atoms with E-state index in [1.807, 2.05) is 20.8 Å². The Labute approximate surface area is 134 Å². The number of carbonyl (C=O) groups excluding carboxylic acids is 1. The highest BCUT2D eigenvalue weighted by Crippen LogP contribution is 2.23. The van der Waals surface area contributed by atoms with Crippen LogP contribution in [0.15, 0.2) is 18.2 Å². The lowest BCUT2D eigenvalue weighted by Crippen LogP contribution is -2.51. The Morgan fingerprint density at radius 1 is 1.14 bits per heavy atom. The van der Waals surface area contributed by atoms with Gasteiger partial charge in [0.1, 0.15) is 0 Å². The van der Waals surface area contributed by atoms with Crippen LogP contribution in [-0.2, 0) is 4.79 Å². The lowest BCUT2D eigenvalue weighted by atomic mass is 10.1. The third kappa shape index (κ3) is 4.47. The number of carbonyl (C=O) groups is 1. The number of amides is 1. The van der Waals surface area contributed by atoms with Gasteiger partial charge in [0.15, 0.2) is 0 Å². The third-order valence-corrected chi connectivity index (χ3v) is 4.17. The zero-order chi connectivity index (χ0) is 16.3. The summed E-state index contributed by atoms with van der Waals surface area (Å²) in [7, 11) is 0. The predicted molar refractivity (Wildman–Crippen MR) is 92.5 cm³/mol. The van der Waals surface area contributed by atoms with E-state index in [-0.39, 0.29) is 11.4 Å². The first-order chi connectivity index (χ1) is 10.3. The van der Waals surface area contributed by atoms with Crippen molar-refractivity contribution in [2.75, 3.05) is 37.6 Å². The second kappa shape index (κ2) is 6.69. The number of nitrogens with zero attached hydrogens (tertiary/aromatic N) is 2. The van der Waals surface area contributed by atoms with Gasteiger partial charge < -0.3 is 10.2 Å². The van der Waals surface area contributed by atoms with Crippen LogP contribution in [0, 0.1) is 13.8 Å². The highest BCUT2D eigenvalue weighted by molar-refractivity contribution is 5.78. The van der Waals surface area contributed by atoms with Crippen LogP contribution in [0.4, 0.5) is 5.69 Å². The van der Waals surface area contributed by atoms with Gasteiger partial charge >= 0.3 is 0 Å². The second-order valence-corrected chi connectivity index (χ2v) is 7.28. The van der Waals surface area contributed by atoms with Crippen LogP contribution >= 0.6 is 0 Å². The zero-order valence-electron chi connectivity index (χ0n) is 14.6. The molecule has 0 bridgehead atoms. The maximum Gasteiger partial charge on any atom is 0.234 e. The summed E-state index contributed by atoms with van der Waals surface area (Å²) < 4.78 is 0. The number of piperazine rings is 1. The summed E-state index contributed by atoms with van der Waals surface area (Å²) in [6.45, 7) is 14.7. The summed E-state index contributed by atoms with van der Waals surface area (Å²) in [6.07, 6.45) is 0. The first-order valence-electron chi connectivity index (χ1n) is 8.11. The fourth-order valence-corrected chi connectivity index (χ4v) is 2.89. The van der Waals surface area contributed by atoms with Gasteiger partial charge in [0.05, 0.1) is 6.54 Å². The van der Waals surface area contributed by atoms with E-state index in [9.17, 15) is 4.79 Å². The van der Waals surface area contributed by atoms with Crippen LogP contribution in [0.3, 0.4) is 0 Å². The quantitative estimate of drug-likeness (QED) is 0.931. The summed E-state index contributed by atoms with van der Waals surface area (Å²) in [5.41, 5.74) is 3.88. The minimum absolute atomic E-state index is 0.118. The van der Waals surface area contributed by atoms with Gasteiger partial charge in [-0.25, -0.2) is 0 Å².